The van der Waals surface area contributed by atoms with Crippen molar-refractivity contribution in [3.8, 4) is 11.4 Å². The normalized spacial score (nSPS) is 14.6. The van der Waals surface area contributed by atoms with E-state index in [4.69, 9.17) is 16.3 Å². The highest BCUT2D eigenvalue weighted by molar-refractivity contribution is 6.30. The van der Waals surface area contributed by atoms with E-state index in [0.29, 0.717) is 16.5 Å². The van der Waals surface area contributed by atoms with Gasteiger partial charge in [0.2, 0.25) is 0 Å². The third-order valence-corrected chi connectivity index (χ3v) is 4.00. The molecule has 0 aliphatic rings. The molecule has 136 valence electrons. The van der Waals surface area contributed by atoms with Crippen molar-refractivity contribution < 1.29 is 20.1 Å². The van der Waals surface area contributed by atoms with E-state index in [9.17, 15) is 15.3 Å². The molecule has 3 atom stereocenters. The predicted molar refractivity (Wildman–Crippen MR) is 95.3 cm³/mol. The summed E-state index contributed by atoms with van der Waals surface area (Å²) >= 11 is 5.79. The number of halogens is 1. The molecule has 0 unspecified atom stereocenters. The third-order valence-electron chi connectivity index (χ3n) is 3.75. The summed E-state index contributed by atoms with van der Waals surface area (Å²) in [5, 5.41) is 39.3. The Morgan fingerprint density at radius 3 is 2.38 bits per heavy atom. The number of aliphatic hydroxyl groups excluding tert-OH is 3. The second kappa shape index (κ2) is 8.29. The number of hydrogen-bond acceptors (Lipinski definition) is 6. The van der Waals surface area contributed by atoms with Gasteiger partial charge in [0.05, 0.1) is 11.9 Å². The summed E-state index contributed by atoms with van der Waals surface area (Å²) in [6.45, 7) is -0.202. The van der Waals surface area contributed by atoms with Crippen LogP contribution in [0.15, 0.2) is 60.8 Å². The maximum atomic E-state index is 10.3. The van der Waals surface area contributed by atoms with Gasteiger partial charge in [0.15, 0.2) is 0 Å². The van der Waals surface area contributed by atoms with Gasteiger partial charge in [0.1, 0.15) is 36.4 Å². The SMILES string of the molecule is O[C@H]([C@H](O)COc1ccc(Cl)cc1)[C@@H](O)c1cnn(-c2ccccc2)n1. The topological polar surface area (TPSA) is 101 Å². The summed E-state index contributed by atoms with van der Waals surface area (Å²) < 4.78 is 5.38. The second-order valence-corrected chi connectivity index (χ2v) is 6.10. The molecule has 0 radical (unpaired) electrons. The summed E-state index contributed by atoms with van der Waals surface area (Å²) in [6.07, 6.45) is -2.87. The average Bonchev–Trinajstić information content (AvgIpc) is 3.17. The zero-order valence-corrected chi connectivity index (χ0v) is 14.4. The Labute approximate surface area is 155 Å². The molecule has 3 aromatic rings. The van der Waals surface area contributed by atoms with Crippen molar-refractivity contribution >= 4 is 11.6 Å². The Kier molecular flexibility index (Phi) is 5.85. The Morgan fingerprint density at radius 2 is 1.69 bits per heavy atom. The lowest BCUT2D eigenvalue weighted by Crippen LogP contribution is -2.36. The summed E-state index contributed by atoms with van der Waals surface area (Å²) in [5.74, 6) is 0.491. The fourth-order valence-electron chi connectivity index (χ4n) is 2.29. The van der Waals surface area contributed by atoms with Gasteiger partial charge >= 0.3 is 0 Å². The fraction of sp³-hybridized carbons (Fsp3) is 0.222. The summed E-state index contributed by atoms with van der Waals surface area (Å²) in [6, 6.07) is 15.7. The lowest BCUT2D eigenvalue weighted by Gasteiger charge is -2.21. The van der Waals surface area contributed by atoms with Crippen LogP contribution in [0, 0.1) is 0 Å². The quantitative estimate of drug-likeness (QED) is 0.581. The van der Waals surface area contributed by atoms with E-state index in [1.807, 2.05) is 18.2 Å². The molecule has 0 spiro atoms. The smallest absolute Gasteiger partial charge is 0.128 e. The van der Waals surface area contributed by atoms with Crippen LogP contribution in [-0.4, -0.2) is 49.1 Å². The first-order valence-corrected chi connectivity index (χ1v) is 8.32. The summed E-state index contributed by atoms with van der Waals surface area (Å²) in [5.41, 5.74) is 0.860. The van der Waals surface area contributed by atoms with Crippen LogP contribution in [0.25, 0.3) is 5.69 Å². The molecule has 0 aliphatic carbocycles. The first-order valence-electron chi connectivity index (χ1n) is 7.95. The summed E-state index contributed by atoms with van der Waals surface area (Å²) in [4.78, 5) is 1.34. The van der Waals surface area contributed by atoms with Crippen LogP contribution in [0.5, 0.6) is 5.75 Å². The lowest BCUT2D eigenvalue weighted by molar-refractivity contribution is -0.0755. The van der Waals surface area contributed by atoms with E-state index in [2.05, 4.69) is 10.2 Å². The standard InChI is InChI=1S/C18H18ClN3O4/c19-12-6-8-14(9-7-12)26-11-16(23)18(25)17(24)15-10-20-22(21-15)13-4-2-1-3-5-13/h1-10,16-18,23-25H,11H2/t16-,17+,18-/m1/s1. The van der Waals surface area contributed by atoms with E-state index >= 15 is 0 Å². The molecule has 1 heterocycles. The molecule has 8 heteroatoms. The predicted octanol–water partition coefficient (Wildman–Crippen LogP) is 1.75. The minimum absolute atomic E-state index is 0.145. The summed E-state index contributed by atoms with van der Waals surface area (Å²) in [7, 11) is 0. The van der Waals surface area contributed by atoms with Crippen molar-refractivity contribution in [3.05, 3.63) is 71.5 Å². The van der Waals surface area contributed by atoms with Crippen molar-refractivity contribution in [1.29, 1.82) is 0 Å². The molecular formula is C18H18ClN3O4. The molecule has 0 fully saturated rings. The monoisotopic (exact) mass is 375 g/mol. The van der Waals surface area contributed by atoms with Crippen LogP contribution in [0.1, 0.15) is 11.8 Å². The van der Waals surface area contributed by atoms with Crippen molar-refractivity contribution in [2.75, 3.05) is 6.61 Å². The Balaban J connectivity index is 1.60. The van der Waals surface area contributed by atoms with Gasteiger partial charge in [-0.2, -0.15) is 15.0 Å². The molecule has 0 bridgehead atoms. The van der Waals surface area contributed by atoms with Gasteiger partial charge < -0.3 is 20.1 Å². The largest absolute Gasteiger partial charge is 0.491 e. The molecule has 7 nitrogen and oxygen atoms in total. The molecule has 2 aromatic carbocycles. The van der Waals surface area contributed by atoms with E-state index in [-0.39, 0.29) is 12.3 Å². The van der Waals surface area contributed by atoms with Crippen molar-refractivity contribution in [1.82, 2.24) is 15.0 Å². The van der Waals surface area contributed by atoms with Crippen LogP contribution < -0.4 is 4.74 Å². The second-order valence-electron chi connectivity index (χ2n) is 5.66. The number of nitrogens with zero attached hydrogens (tertiary/aromatic N) is 3. The van der Waals surface area contributed by atoms with Crippen LogP contribution in [0.3, 0.4) is 0 Å². The van der Waals surface area contributed by atoms with Crippen LogP contribution in [0.2, 0.25) is 5.02 Å². The number of rotatable bonds is 7. The number of ether oxygens (including phenoxy) is 1. The van der Waals surface area contributed by atoms with Crippen molar-refractivity contribution in [2.45, 2.75) is 18.3 Å². The molecule has 1 aromatic heterocycles. The minimum atomic E-state index is -1.48. The minimum Gasteiger partial charge on any atom is -0.491 e. The molecule has 0 saturated carbocycles. The average molecular weight is 376 g/mol. The van der Waals surface area contributed by atoms with Gasteiger partial charge in [-0.25, -0.2) is 0 Å². The highest BCUT2D eigenvalue weighted by atomic mass is 35.5. The molecule has 0 amide bonds. The number of benzene rings is 2. The van der Waals surface area contributed by atoms with Crippen LogP contribution >= 0.6 is 11.6 Å². The molecular weight excluding hydrogens is 358 g/mol. The third kappa shape index (κ3) is 4.39. The van der Waals surface area contributed by atoms with Gasteiger partial charge in [0.25, 0.3) is 0 Å². The van der Waals surface area contributed by atoms with Crippen LogP contribution in [-0.2, 0) is 0 Å². The van der Waals surface area contributed by atoms with Gasteiger partial charge in [-0.1, -0.05) is 29.8 Å². The number of hydrogen-bond donors (Lipinski definition) is 3. The molecule has 0 aliphatic heterocycles. The van der Waals surface area contributed by atoms with E-state index in [1.54, 1.807) is 36.4 Å². The molecule has 0 saturated heterocycles. The fourth-order valence-corrected chi connectivity index (χ4v) is 2.42. The maximum Gasteiger partial charge on any atom is 0.128 e. The highest BCUT2D eigenvalue weighted by Gasteiger charge is 2.28. The number of para-hydroxylation sites is 1. The Hall–Kier alpha value is -2.45. The van der Waals surface area contributed by atoms with E-state index in [0.717, 1.165) is 0 Å². The van der Waals surface area contributed by atoms with E-state index < -0.39 is 18.3 Å². The molecule has 26 heavy (non-hydrogen) atoms. The zero-order valence-electron chi connectivity index (χ0n) is 13.7. The van der Waals surface area contributed by atoms with Gasteiger partial charge in [-0.15, -0.1) is 0 Å². The lowest BCUT2D eigenvalue weighted by atomic mass is 10.1. The first kappa shape index (κ1) is 18.3. The van der Waals surface area contributed by atoms with Gasteiger partial charge in [-0.3, -0.25) is 0 Å². The maximum absolute atomic E-state index is 10.3. The number of aliphatic hydroxyl groups is 3. The zero-order chi connectivity index (χ0) is 18.5. The number of aromatic nitrogens is 3. The molecule has 3 N–H and O–H groups in total. The molecule has 3 rings (SSSR count). The van der Waals surface area contributed by atoms with Crippen molar-refractivity contribution in [3.63, 3.8) is 0 Å². The first-order chi connectivity index (χ1) is 12.5. The van der Waals surface area contributed by atoms with Crippen LogP contribution in [0.4, 0.5) is 0 Å². The van der Waals surface area contributed by atoms with Crippen molar-refractivity contribution in [2.24, 2.45) is 0 Å². The van der Waals surface area contributed by atoms with Gasteiger partial charge in [-0.05, 0) is 36.4 Å². The Morgan fingerprint density at radius 1 is 1.00 bits per heavy atom. The Bertz CT molecular complexity index is 826. The van der Waals surface area contributed by atoms with Gasteiger partial charge in [0, 0.05) is 5.02 Å². The highest BCUT2D eigenvalue weighted by Crippen LogP contribution is 2.20. The van der Waals surface area contributed by atoms with E-state index in [1.165, 1.54) is 11.0 Å².